The monoisotopic (exact) mass is 248 g/mol. The summed E-state index contributed by atoms with van der Waals surface area (Å²) < 4.78 is 5.23. The maximum atomic E-state index is 11.8. The van der Waals surface area contributed by atoms with Crippen LogP contribution >= 0.6 is 0 Å². The number of carbonyl (C=O) groups is 1. The second kappa shape index (κ2) is 4.61. The van der Waals surface area contributed by atoms with Crippen LogP contribution in [0.25, 0.3) is 0 Å². The fraction of sp³-hybridized carbons (Fsp3) is 0.500. The fourth-order valence-electron chi connectivity index (χ4n) is 2.64. The SMILES string of the molecule is COc1ccc2c(c1)C(N)C(C)C(C)N2C(C)=O. The molecule has 1 aromatic carbocycles. The predicted molar refractivity (Wildman–Crippen MR) is 71.7 cm³/mol. The molecule has 3 atom stereocenters. The number of nitrogens with zero attached hydrogens (tertiary/aromatic N) is 1. The molecule has 0 fully saturated rings. The van der Waals surface area contributed by atoms with Gasteiger partial charge in [0.1, 0.15) is 5.75 Å². The lowest BCUT2D eigenvalue weighted by molar-refractivity contribution is -0.117. The lowest BCUT2D eigenvalue weighted by atomic mass is 9.83. The van der Waals surface area contributed by atoms with Crippen LogP contribution < -0.4 is 15.4 Å². The Morgan fingerprint density at radius 1 is 1.39 bits per heavy atom. The Bertz CT molecular complexity index is 473. The summed E-state index contributed by atoms with van der Waals surface area (Å²) in [5.74, 6) is 1.04. The van der Waals surface area contributed by atoms with Crippen molar-refractivity contribution >= 4 is 11.6 Å². The summed E-state index contributed by atoms with van der Waals surface area (Å²) in [4.78, 5) is 13.7. The van der Waals surface area contributed by atoms with Crippen LogP contribution in [0.3, 0.4) is 0 Å². The normalized spacial score (nSPS) is 26.7. The third kappa shape index (κ3) is 1.86. The van der Waals surface area contributed by atoms with Gasteiger partial charge in [-0.2, -0.15) is 0 Å². The van der Waals surface area contributed by atoms with Gasteiger partial charge in [-0.1, -0.05) is 6.92 Å². The minimum atomic E-state index is -0.0688. The van der Waals surface area contributed by atoms with Gasteiger partial charge in [0, 0.05) is 24.7 Å². The van der Waals surface area contributed by atoms with Gasteiger partial charge in [0.05, 0.1) is 7.11 Å². The van der Waals surface area contributed by atoms with Gasteiger partial charge in [0.15, 0.2) is 0 Å². The van der Waals surface area contributed by atoms with Crippen molar-refractivity contribution in [2.75, 3.05) is 12.0 Å². The summed E-state index contributed by atoms with van der Waals surface area (Å²) in [7, 11) is 1.63. The molecule has 0 saturated carbocycles. The van der Waals surface area contributed by atoms with Gasteiger partial charge in [0.25, 0.3) is 0 Å². The topological polar surface area (TPSA) is 55.6 Å². The summed E-state index contributed by atoms with van der Waals surface area (Å²) in [6.07, 6.45) is 0. The Balaban J connectivity index is 2.57. The Morgan fingerprint density at radius 3 is 2.61 bits per heavy atom. The van der Waals surface area contributed by atoms with Gasteiger partial charge >= 0.3 is 0 Å². The van der Waals surface area contributed by atoms with Gasteiger partial charge < -0.3 is 15.4 Å². The molecular weight excluding hydrogens is 228 g/mol. The Hall–Kier alpha value is -1.55. The molecule has 3 unspecified atom stereocenters. The summed E-state index contributed by atoms with van der Waals surface area (Å²) in [6, 6.07) is 5.75. The highest BCUT2D eigenvalue weighted by atomic mass is 16.5. The van der Waals surface area contributed by atoms with Crippen molar-refractivity contribution in [1.29, 1.82) is 0 Å². The molecule has 0 spiro atoms. The number of hydrogen-bond acceptors (Lipinski definition) is 3. The molecule has 0 aliphatic carbocycles. The first-order valence-corrected chi connectivity index (χ1v) is 6.20. The average Bonchev–Trinajstić information content (AvgIpc) is 2.35. The summed E-state index contributed by atoms with van der Waals surface area (Å²) in [5, 5.41) is 0. The lowest BCUT2D eigenvalue weighted by Gasteiger charge is -2.42. The van der Waals surface area contributed by atoms with E-state index in [-0.39, 0.29) is 23.9 Å². The van der Waals surface area contributed by atoms with E-state index in [4.69, 9.17) is 10.5 Å². The summed E-state index contributed by atoms with van der Waals surface area (Å²) in [6.45, 7) is 5.71. The Kier molecular flexibility index (Phi) is 3.30. The van der Waals surface area contributed by atoms with E-state index in [1.807, 2.05) is 30.0 Å². The molecule has 0 radical (unpaired) electrons. The zero-order valence-electron chi connectivity index (χ0n) is 11.3. The van der Waals surface area contributed by atoms with Crippen molar-refractivity contribution in [2.24, 2.45) is 11.7 Å². The number of ether oxygens (including phenoxy) is 1. The van der Waals surface area contributed by atoms with E-state index in [0.29, 0.717) is 0 Å². The van der Waals surface area contributed by atoms with E-state index in [1.165, 1.54) is 0 Å². The lowest BCUT2D eigenvalue weighted by Crippen LogP contribution is -2.48. The second-order valence-electron chi connectivity index (χ2n) is 4.94. The average molecular weight is 248 g/mol. The van der Waals surface area contributed by atoms with E-state index in [9.17, 15) is 4.79 Å². The molecule has 4 nitrogen and oxygen atoms in total. The van der Waals surface area contributed by atoms with Crippen LogP contribution in [0.15, 0.2) is 18.2 Å². The standard InChI is InChI=1S/C14H20N2O2/c1-8-9(2)16(10(3)17)13-6-5-11(18-4)7-12(13)14(8)15/h5-9,14H,15H2,1-4H3. The maximum Gasteiger partial charge on any atom is 0.224 e. The molecular formula is C14H20N2O2. The number of benzene rings is 1. The largest absolute Gasteiger partial charge is 0.497 e. The number of methoxy groups -OCH3 is 1. The zero-order valence-corrected chi connectivity index (χ0v) is 11.3. The zero-order chi connectivity index (χ0) is 13.4. The van der Waals surface area contributed by atoms with Gasteiger partial charge in [0.2, 0.25) is 5.91 Å². The summed E-state index contributed by atoms with van der Waals surface area (Å²) >= 11 is 0. The number of fused-ring (bicyclic) bond motifs is 1. The van der Waals surface area contributed by atoms with Crippen LogP contribution in [0.4, 0.5) is 5.69 Å². The molecule has 1 aromatic rings. The van der Waals surface area contributed by atoms with E-state index in [2.05, 4.69) is 6.92 Å². The van der Waals surface area contributed by atoms with Crippen molar-refractivity contribution in [3.05, 3.63) is 23.8 Å². The summed E-state index contributed by atoms with van der Waals surface area (Å²) in [5.41, 5.74) is 8.16. The van der Waals surface area contributed by atoms with Crippen LogP contribution in [0.2, 0.25) is 0 Å². The minimum absolute atomic E-state index is 0.0488. The predicted octanol–water partition coefficient (Wildman–Crippen LogP) is 2.09. The van der Waals surface area contributed by atoms with Gasteiger partial charge in [-0.05, 0) is 36.6 Å². The van der Waals surface area contributed by atoms with Crippen molar-refractivity contribution in [3.63, 3.8) is 0 Å². The Morgan fingerprint density at radius 2 is 2.06 bits per heavy atom. The van der Waals surface area contributed by atoms with Gasteiger partial charge in [-0.15, -0.1) is 0 Å². The molecule has 0 bridgehead atoms. The highest BCUT2D eigenvalue weighted by Crippen LogP contribution is 2.40. The molecule has 18 heavy (non-hydrogen) atoms. The number of rotatable bonds is 1. The Labute approximate surface area is 108 Å². The van der Waals surface area contributed by atoms with Crippen LogP contribution in [-0.4, -0.2) is 19.1 Å². The third-order valence-corrected chi connectivity index (χ3v) is 3.93. The first kappa shape index (κ1) is 12.9. The number of hydrogen-bond donors (Lipinski definition) is 1. The number of amides is 1. The smallest absolute Gasteiger partial charge is 0.224 e. The molecule has 4 heteroatoms. The van der Waals surface area contributed by atoms with Crippen LogP contribution in [-0.2, 0) is 4.79 Å². The highest BCUT2D eigenvalue weighted by molar-refractivity contribution is 5.93. The number of anilines is 1. The maximum absolute atomic E-state index is 11.8. The van der Waals surface area contributed by atoms with Crippen LogP contribution in [0.5, 0.6) is 5.75 Å². The first-order chi connectivity index (χ1) is 8.47. The number of nitrogens with two attached hydrogens (primary N) is 1. The second-order valence-corrected chi connectivity index (χ2v) is 4.94. The molecule has 2 rings (SSSR count). The number of carbonyl (C=O) groups excluding carboxylic acids is 1. The van der Waals surface area contributed by atoms with E-state index in [1.54, 1.807) is 14.0 Å². The van der Waals surface area contributed by atoms with Crippen molar-refractivity contribution in [1.82, 2.24) is 0 Å². The molecule has 1 heterocycles. The van der Waals surface area contributed by atoms with Crippen molar-refractivity contribution < 1.29 is 9.53 Å². The fourth-order valence-corrected chi connectivity index (χ4v) is 2.64. The van der Waals surface area contributed by atoms with Gasteiger partial charge in [-0.25, -0.2) is 0 Å². The molecule has 1 amide bonds. The highest BCUT2D eigenvalue weighted by Gasteiger charge is 2.36. The first-order valence-electron chi connectivity index (χ1n) is 6.20. The van der Waals surface area contributed by atoms with E-state index in [0.717, 1.165) is 17.0 Å². The molecule has 1 aliphatic heterocycles. The minimum Gasteiger partial charge on any atom is -0.497 e. The molecule has 1 aliphatic rings. The molecule has 98 valence electrons. The quantitative estimate of drug-likeness (QED) is 0.828. The van der Waals surface area contributed by atoms with Gasteiger partial charge in [-0.3, -0.25) is 4.79 Å². The molecule has 0 saturated heterocycles. The van der Waals surface area contributed by atoms with Crippen LogP contribution in [0.1, 0.15) is 32.4 Å². The van der Waals surface area contributed by atoms with Crippen LogP contribution in [0, 0.1) is 5.92 Å². The van der Waals surface area contributed by atoms with E-state index >= 15 is 0 Å². The van der Waals surface area contributed by atoms with E-state index < -0.39 is 0 Å². The van der Waals surface area contributed by atoms with Crippen molar-refractivity contribution in [3.8, 4) is 5.75 Å². The molecule has 0 aromatic heterocycles. The third-order valence-electron chi connectivity index (χ3n) is 3.93. The molecule has 2 N–H and O–H groups in total. The van der Waals surface area contributed by atoms with Crippen molar-refractivity contribution in [2.45, 2.75) is 32.9 Å².